The van der Waals surface area contributed by atoms with Gasteiger partial charge in [0, 0.05) is 7.11 Å². The van der Waals surface area contributed by atoms with Gasteiger partial charge in [-0.15, -0.1) is 0 Å². The topological polar surface area (TPSA) is 41.5 Å². The molecule has 0 atom stereocenters. The molecule has 1 aliphatic heterocycles. The maximum Gasteiger partial charge on any atom is 0.143 e. The van der Waals surface area contributed by atoms with E-state index < -0.39 is 0 Å². The van der Waals surface area contributed by atoms with E-state index in [0.29, 0.717) is 0 Å². The number of hydrogen-bond donors (Lipinski definition) is 2. The third-order valence-electron chi connectivity index (χ3n) is 1.76. The molecule has 0 bridgehead atoms. The summed E-state index contributed by atoms with van der Waals surface area (Å²) in [6, 6.07) is 0. The van der Waals surface area contributed by atoms with E-state index in [9.17, 15) is 0 Å². The fourth-order valence-corrected chi connectivity index (χ4v) is 0.966. The highest BCUT2D eigenvalue weighted by atomic mass is 16.6. The molecule has 0 unspecified atom stereocenters. The predicted molar refractivity (Wildman–Crippen MR) is 45.4 cm³/mol. The molecule has 1 aliphatic rings. The van der Waals surface area contributed by atoms with Gasteiger partial charge in [-0.05, 0) is 31.8 Å². The lowest BCUT2D eigenvalue weighted by Gasteiger charge is -2.17. The quantitative estimate of drug-likeness (QED) is 0.553. The Kier molecular flexibility index (Phi) is 7.89. The van der Waals surface area contributed by atoms with Gasteiger partial charge in [-0.3, -0.25) is 0 Å². The summed E-state index contributed by atoms with van der Waals surface area (Å²) in [7, 11) is 1.43. The van der Waals surface area contributed by atoms with E-state index in [1.54, 1.807) is 0 Å². The molecule has 3 heteroatoms. The van der Waals surface area contributed by atoms with Crippen LogP contribution in [0.15, 0.2) is 0 Å². The largest absolute Gasteiger partial charge is 0.371 e. The van der Waals surface area contributed by atoms with E-state index in [2.05, 4.69) is 17.0 Å². The van der Waals surface area contributed by atoms with Crippen LogP contribution in [0, 0.1) is 5.92 Å². The van der Waals surface area contributed by atoms with Gasteiger partial charge in [0.05, 0.1) is 0 Å². The number of aliphatic hydroxyl groups excluding tert-OH is 1. The molecule has 0 aliphatic carbocycles. The number of piperidine rings is 1. The standard InChI is InChI=1S/C6H13N.C2H6O2/c1-6-2-4-7-5-3-6;1-4-2-3/h6-7H,2-5H2,1H3;3H,2H2,1H3. The maximum atomic E-state index is 7.65. The van der Waals surface area contributed by atoms with E-state index in [4.69, 9.17) is 5.11 Å². The van der Waals surface area contributed by atoms with Crippen LogP contribution in [-0.2, 0) is 4.74 Å². The smallest absolute Gasteiger partial charge is 0.143 e. The summed E-state index contributed by atoms with van der Waals surface area (Å²) >= 11 is 0. The SMILES string of the molecule is CC1CCNCC1.COCO. The monoisotopic (exact) mass is 161 g/mol. The van der Waals surface area contributed by atoms with Gasteiger partial charge >= 0.3 is 0 Å². The summed E-state index contributed by atoms with van der Waals surface area (Å²) in [4.78, 5) is 0. The molecule has 0 spiro atoms. The van der Waals surface area contributed by atoms with Gasteiger partial charge in [0.15, 0.2) is 0 Å². The first kappa shape index (κ1) is 10.9. The van der Waals surface area contributed by atoms with Crippen LogP contribution in [0.4, 0.5) is 0 Å². The average Bonchev–Trinajstić information content (AvgIpc) is 2.07. The summed E-state index contributed by atoms with van der Waals surface area (Å²) in [5, 5.41) is 11.0. The number of rotatable bonds is 1. The Balaban J connectivity index is 0.000000218. The second-order valence-electron chi connectivity index (χ2n) is 2.85. The normalized spacial score (nSPS) is 18.8. The van der Waals surface area contributed by atoms with Crippen molar-refractivity contribution in [2.24, 2.45) is 5.92 Å². The van der Waals surface area contributed by atoms with Crippen molar-refractivity contribution in [2.45, 2.75) is 19.8 Å². The van der Waals surface area contributed by atoms with Gasteiger partial charge in [0.25, 0.3) is 0 Å². The van der Waals surface area contributed by atoms with Crippen molar-refractivity contribution in [3.8, 4) is 0 Å². The molecule has 1 fully saturated rings. The Morgan fingerprint density at radius 3 is 2.09 bits per heavy atom. The Hall–Kier alpha value is -0.120. The molecule has 0 aromatic carbocycles. The Morgan fingerprint density at radius 1 is 1.45 bits per heavy atom. The van der Waals surface area contributed by atoms with E-state index in [1.165, 1.54) is 33.0 Å². The zero-order chi connectivity index (χ0) is 8.53. The molecule has 1 rings (SSSR count). The Labute approximate surface area is 68.8 Å². The molecule has 0 radical (unpaired) electrons. The maximum absolute atomic E-state index is 7.65. The lowest BCUT2D eigenvalue weighted by Crippen LogP contribution is -2.26. The lowest BCUT2D eigenvalue weighted by atomic mass is 10.0. The van der Waals surface area contributed by atoms with Crippen LogP contribution in [0.5, 0.6) is 0 Å². The molecule has 11 heavy (non-hydrogen) atoms. The molecule has 1 saturated heterocycles. The fraction of sp³-hybridized carbons (Fsp3) is 1.00. The van der Waals surface area contributed by atoms with Crippen molar-refractivity contribution in [1.29, 1.82) is 0 Å². The molecule has 0 aromatic rings. The predicted octanol–water partition coefficient (Wildman–Crippen LogP) is 0.589. The van der Waals surface area contributed by atoms with Gasteiger partial charge in [-0.2, -0.15) is 0 Å². The van der Waals surface area contributed by atoms with Gasteiger partial charge in [-0.25, -0.2) is 0 Å². The highest BCUT2D eigenvalue weighted by Gasteiger charge is 2.04. The van der Waals surface area contributed by atoms with Crippen LogP contribution in [0.25, 0.3) is 0 Å². The van der Waals surface area contributed by atoms with Gasteiger partial charge < -0.3 is 15.2 Å². The minimum absolute atomic E-state index is 0.181. The number of methoxy groups -OCH3 is 1. The number of ether oxygens (including phenoxy) is 1. The average molecular weight is 161 g/mol. The minimum Gasteiger partial charge on any atom is -0.371 e. The number of aliphatic hydroxyl groups is 1. The van der Waals surface area contributed by atoms with Gasteiger partial charge in [0.2, 0.25) is 0 Å². The van der Waals surface area contributed by atoms with E-state index in [0.717, 1.165) is 5.92 Å². The van der Waals surface area contributed by atoms with Crippen LogP contribution in [0.1, 0.15) is 19.8 Å². The fourth-order valence-electron chi connectivity index (χ4n) is 0.966. The van der Waals surface area contributed by atoms with Gasteiger partial charge in [-0.1, -0.05) is 6.92 Å². The zero-order valence-electron chi connectivity index (χ0n) is 7.47. The minimum atomic E-state index is -0.181. The highest BCUT2D eigenvalue weighted by Crippen LogP contribution is 2.08. The molecular formula is C8H19NO2. The third kappa shape index (κ3) is 7.78. The number of nitrogens with one attached hydrogen (secondary N) is 1. The molecule has 0 aromatic heterocycles. The van der Waals surface area contributed by atoms with Crippen LogP contribution in [0.2, 0.25) is 0 Å². The molecule has 1 heterocycles. The van der Waals surface area contributed by atoms with Crippen molar-refractivity contribution in [3.05, 3.63) is 0 Å². The van der Waals surface area contributed by atoms with E-state index in [1.807, 2.05) is 0 Å². The lowest BCUT2D eigenvalue weighted by molar-refractivity contribution is 0.0325. The van der Waals surface area contributed by atoms with E-state index >= 15 is 0 Å². The van der Waals surface area contributed by atoms with Crippen LogP contribution >= 0.6 is 0 Å². The van der Waals surface area contributed by atoms with Crippen LogP contribution in [-0.4, -0.2) is 32.1 Å². The van der Waals surface area contributed by atoms with Crippen molar-refractivity contribution in [3.63, 3.8) is 0 Å². The summed E-state index contributed by atoms with van der Waals surface area (Å²) in [5.74, 6) is 0.973. The first-order valence-corrected chi connectivity index (χ1v) is 4.11. The summed E-state index contributed by atoms with van der Waals surface area (Å²) in [6.45, 7) is 4.61. The second kappa shape index (κ2) is 7.98. The molecule has 0 saturated carbocycles. The van der Waals surface area contributed by atoms with Crippen molar-refractivity contribution >= 4 is 0 Å². The second-order valence-corrected chi connectivity index (χ2v) is 2.85. The number of hydrogen-bond acceptors (Lipinski definition) is 3. The van der Waals surface area contributed by atoms with Crippen molar-refractivity contribution < 1.29 is 9.84 Å². The molecule has 68 valence electrons. The summed E-state index contributed by atoms with van der Waals surface area (Å²) in [6.07, 6.45) is 2.75. The molecule has 0 amide bonds. The van der Waals surface area contributed by atoms with Crippen LogP contribution in [0.3, 0.4) is 0 Å². The van der Waals surface area contributed by atoms with E-state index in [-0.39, 0.29) is 6.79 Å². The highest BCUT2D eigenvalue weighted by molar-refractivity contribution is 4.62. The summed E-state index contributed by atoms with van der Waals surface area (Å²) in [5.41, 5.74) is 0. The molecular weight excluding hydrogens is 142 g/mol. The van der Waals surface area contributed by atoms with Gasteiger partial charge in [0.1, 0.15) is 6.79 Å². The zero-order valence-corrected chi connectivity index (χ0v) is 7.47. The Morgan fingerprint density at radius 2 is 1.91 bits per heavy atom. The Bertz CT molecular complexity index is 70.5. The van der Waals surface area contributed by atoms with Crippen molar-refractivity contribution in [2.75, 3.05) is 27.0 Å². The summed E-state index contributed by atoms with van der Waals surface area (Å²) < 4.78 is 4.10. The van der Waals surface area contributed by atoms with Crippen LogP contribution < -0.4 is 5.32 Å². The first-order chi connectivity index (χ1) is 5.31. The first-order valence-electron chi connectivity index (χ1n) is 4.11. The third-order valence-corrected chi connectivity index (χ3v) is 1.76. The molecule has 3 nitrogen and oxygen atoms in total. The molecule has 2 N–H and O–H groups in total. The van der Waals surface area contributed by atoms with Crippen molar-refractivity contribution in [1.82, 2.24) is 5.32 Å².